The number of nitrogens with one attached hydrogen (secondary N) is 1. The molecule has 0 spiro atoms. The largest absolute Gasteiger partial charge is 0.359 e. The van der Waals surface area contributed by atoms with Crippen molar-refractivity contribution < 1.29 is 4.79 Å². The number of carbonyl (C=O) groups excluding carboxylic acids is 1. The Hall–Kier alpha value is -0.770. The van der Waals surface area contributed by atoms with Crippen molar-refractivity contribution in [2.45, 2.75) is 19.4 Å². The van der Waals surface area contributed by atoms with Crippen LogP contribution in [0.15, 0.2) is 18.2 Å². The predicted molar refractivity (Wildman–Crippen MR) is 78.5 cm³/mol. The minimum absolute atomic E-state index is 0.114. The second-order valence-electron chi connectivity index (χ2n) is 4.97. The molecule has 0 radical (unpaired) electrons. The molecular formula is C14H18Cl2N2O. The third-order valence-corrected chi connectivity index (χ3v) is 4.27. The van der Waals surface area contributed by atoms with Gasteiger partial charge in [0.1, 0.15) is 0 Å². The summed E-state index contributed by atoms with van der Waals surface area (Å²) >= 11 is 12.4. The molecule has 3 nitrogen and oxygen atoms in total. The van der Waals surface area contributed by atoms with Gasteiger partial charge in [-0.25, -0.2) is 0 Å². The van der Waals surface area contributed by atoms with Gasteiger partial charge in [0.2, 0.25) is 5.91 Å². The van der Waals surface area contributed by atoms with E-state index in [0.29, 0.717) is 22.4 Å². The van der Waals surface area contributed by atoms with Crippen molar-refractivity contribution in [2.24, 2.45) is 5.92 Å². The molecule has 19 heavy (non-hydrogen) atoms. The normalized spacial score (nSPS) is 19.6. The SMILES string of the molecule is CNC(=O)C[C@@H]1CCN(Cc2c(Cl)cccc2Cl)C1. The summed E-state index contributed by atoms with van der Waals surface area (Å²) in [5.74, 6) is 0.545. The van der Waals surface area contributed by atoms with Gasteiger partial charge in [-0.05, 0) is 31.0 Å². The molecule has 1 atom stereocenters. The summed E-state index contributed by atoms with van der Waals surface area (Å²) in [5, 5.41) is 4.10. The first-order chi connectivity index (χ1) is 9.10. The van der Waals surface area contributed by atoms with E-state index in [2.05, 4.69) is 10.2 Å². The molecule has 1 N–H and O–H groups in total. The molecule has 1 fully saturated rings. The van der Waals surface area contributed by atoms with Gasteiger partial charge in [-0.1, -0.05) is 29.3 Å². The molecule has 104 valence electrons. The lowest BCUT2D eigenvalue weighted by atomic mass is 10.0. The Morgan fingerprint density at radius 3 is 2.74 bits per heavy atom. The number of nitrogens with zero attached hydrogens (tertiary/aromatic N) is 1. The molecule has 0 aromatic heterocycles. The minimum atomic E-state index is 0.114. The molecule has 1 aliphatic heterocycles. The van der Waals surface area contributed by atoms with E-state index < -0.39 is 0 Å². The smallest absolute Gasteiger partial charge is 0.220 e. The fourth-order valence-electron chi connectivity index (χ4n) is 2.49. The van der Waals surface area contributed by atoms with Gasteiger partial charge >= 0.3 is 0 Å². The maximum absolute atomic E-state index is 11.4. The van der Waals surface area contributed by atoms with Gasteiger partial charge in [-0.15, -0.1) is 0 Å². The van der Waals surface area contributed by atoms with Crippen molar-refractivity contribution in [3.63, 3.8) is 0 Å². The molecule has 1 amide bonds. The van der Waals surface area contributed by atoms with Gasteiger partial charge < -0.3 is 5.32 Å². The molecule has 1 saturated heterocycles. The van der Waals surface area contributed by atoms with Gasteiger partial charge in [0.05, 0.1) is 0 Å². The van der Waals surface area contributed by atoms with Crippen LogP contribution >= 0.6 is 23.2 Å². The third-order valence-electron chi connectivity index (χ3n) is 3.57. The van der Waals surface area contributed by atoms with Gasteiger partial charge in [0.25, 0.3) is 0 Å². The first kappa shape index (κ1) is 14.6. The van der Waals surface area contributed by atoms with E-state index in [-0.39, 0.29) is 5.91 Å². The van der Waals surface area contributed by atoms with Crippen molar-refractivity contribution in [3.8, 4) is 0 Å². The van der Waals surface area contributed by atoms with Gasteiger partial charge in [-0.2, -0.15) is 0 Å². The Morgan fingerprint density at radius 1 is 1.42 bits per heavy atom. The maximum atomic E-state index is 11.4. The first-order valence-corrected chi connectivity index (χ1v) is 7.21. The van der Waals surface area contributed by atoms with Crippen LogP contribution in [0.1, 0.15) is 18.4 Å². The lowest BCUT2D eigenvalue weighted by Gasteiger charge is -2.17. The average molecular weight is 301 g/mol. The van der Waals surface area contributed by atoms with Crippen LogP contribution in [0.2, 0.25) is 10.0 Å². The summed E-state index contributed by atoms with van der Waals surface area (Å²) in [4.78, 5) is 13.7. The molecular weight excluding hydrogens is 283 g/mol. The Balaban J connectivity index is 1.93. The van der Waals surface area contributed by atoms with Crippen LogP contribution in [0.4, 0.5) is 0 Å². The summed E-state index contributed by atoms with van der Waals surface area (Å²) in [6, 6.07) is 5.58. The Kier molecular flexibility index (Phi) is 5.08. The van der Waals surface area contributed by atoms with Crippen LogP contribution < -0.4 is 5.32 Å². The summed E-state index contributed by atoms with van der Waals surface area (Å²) in [6.07, 6.45) is 1.65. The van der Waals surface area contributed by atoms with Crippen LogP contribution in [0.3, 0.4) is 0 Å². The van der Waals surface area contributed by atoms with E-state index in [4.69, 9.17) is 23.2 Å². The zero-order chi connectivity index (χ0) is 13.8. The van der Waals surface area contributed by atoms with Gasteiger partial charge in [0.15, 0.2) is 0 Å². The highest BCUT2D eigenvalue weighted by Gasteiger charge is 2.25. The number of benzene rings is 1. The highest BCUT2D eigenvalue weighted by atomic mass is 35.5. The zero-order valence-electron chi connectivity index (χ0n) is 11.0. The Bertz CT molecular complexity index is 445. The van der Waals surface area contributed by atoms with E-state index in [1.807, 2.05) is 18.2 Å². The first-order valence-electron chi connectivity index (χ1n) is 6.46. The summed E-state index contributed by atoms with van der Waals surface area (Å²) in [7, 11) is 1.68. The number of hydrogen-bond donors (Lipinski definition) is 1. The number of carbonyl (C=O) groups is 1. The Morgan fingerprint density at radius 2 is 2.11 bits per heavy atom. The highest BCUT2D eigenvalue weighted by Crippen LogP contribution is 2.28. The fourth-order valence-corrected chi connectivity index (χ4v) is 3.01. The molecule has 1 aliphatic rings. The monoisotopic (exact) mass is 300 g/mol. The van der Waals surface area contributed by atoms with Crippen LogP contribution in [0.25, 0.3) is 0 Å². The number of likely N-dealkylation sites (tertiary alicyclic amines) is 1. The fraction of sp³-hybridized carbons (Fsp3) is 0.500. The van der Waals surface area contributed by atoms with Crippen molar-refractivity contribution in [2.75, 3.05) is 20.1 Å². The molecule has 0 bridgehead atoms. The van der Waals surface area contributed by atoms with E-state index in [9.17, 15) is 4.79 Å². The average Bonchev–Trinajstić information content (AvgIpc) is 2.81. The lowest BCUT2D eigenvalue weighted by Crippen LogP contribution is -2.24. The van der Waals surface area contributed by atoms with Crippen LogP contribution in [0, 0.1) is 5.92 Å². The highest BCUT2D eigenvalue weighted by molar-refractivity contribution is 6.35. The van der Waals surface area contributed by atoms with Crippen molar-refractivity contribution >= 4 is 29.1 Å². The van der Waals surface area contributed by atoms with Crippen LogP contribution in [-0.2, 0) is 11.3 Å². The third kappa shape index (κ3) is 3.85. The summed E-state index contributed by atoms with van der Waals surface area (Å²) in [6.45, 7) is 2.67. The van der Waals surface area contributed by atoms with Crippen molar-refractivity contribution in [1.82, 2.24) is 10.2 Å². The standard InChI is InChI=1S/C14H18Cl2N2O/c1-17-14(19)7-10-5-6-18(8-10)9-11-12(15)3-2-4-13(11)16/h2-4,10H,5-9H2,1H3,(H,17,19)/t10-/m0/s1. The van der Waals surface area contributed by atoms with E-state index in [1.54, 1.807) is 7.05 Å². The number of rotatable bonds is 4. The van der Waals surface area contributed by atoms with Crippen LogP contribution in [0.5, 0.6) is 0 Å². The number of hydrogen-bond acceptors (Lipinski definition) is 2. The summed E-state index contributed by atoms with van der Waals surface area (Å²) < 4.78 is 0. The zero-order valence-corrected chi connectivity index (χ0v) is 12.5. The number of amides is 1. The van der Waals surface area contributed by atoms with Crippen molar-refractivity contribution in [3.05, 3.63) is 33.8 Å². The molecule has 0 aliphatic carbocycles. The molecule has 0 unspecified atom stereocenters. The van der Waals surface area contributed by atoms with Crippen LogP contribution in [-0.4, -0.2) is 30.9 Å². The second kappa shape index (κ2) is 6.60. The molecule has 5 heteroatoms. The topological polar surface area (TPSA) is 32.3 Å². The van der Waals surface area contributed by atoms with E-state index >= 15 is 0 Å². The molecule has 1 aromatic rings. The molecule has 2 rings (SSSR count). The lowest BCUT2D eigenvalue weighted by molar-refractivity contribution is -0.121. The van der Waals surface area contributed by atoms with Gasteiger partial charge in [0, 0.05) is 42.2 Å². The minimum Gasteiger partial charge on any atom is -0.359 e. The molecule has 0 saturated carbocycles. The summed E-state index contributed by atoms with van der Waals surface area (Å²) in [5.41, 5.74) is 0.978. The predicted octanol–water partition coefficient (Wildman–Crippen LogP) is 2.95. The quantitative estimate of drug-likeness (QED) is 0.927. The van der Waals surface area contributed by atoms with E-state index in [0.717, 1.165) is 31.6 Å². The Labute approximate surface area is 123 Å². The second-order valence-corrected chi connectivity index (χ2v) is 5.78. The van der Waals surface area contributed by atoms with Gasteiger partial charge in [-0.3, -0.25) is 9.69 Å². The van der Waals surface area contributed by atoms with E-state index in [1.165, 1.54) is 0 Å². The van der Waals surface area contributed by atoms with Crippen molar-refractivity contribution in [1.29, 1.82) is 0 Å². The molecule has 1 heterocycles. The maximum Gasteiger partial charge on any atom is 0.220 e. The number of halogens is 2. The molecule has 1 aromatic carbocycles.